The van der Waals surface area contributed by atoms with Crippen LogP contribution in [0.1, 0.15) is 46.5 Å². The molecular weight excluding hydrogens is 190 g/mol. The first-order valence-electron chi connectivity index (χ1n) is 6.07. The SMILES string of the molecule is CC(=O)[O-].CCCC[NH+]1CCC(C)CC1. The number of hydrogen-bond donors (Lipinski definition) is 1. The molecule has 90 valence electrons. The second kappa shape index (κ2) is 8.72. The summed E-state index contributed by atoms with van der Waals surface area (Å²) < 4.78 is 0. The van der Waals surface area contributed by atoms with E-state index in [2.05, 4.69) is 13.8 Å². The predicted molar refractivity (Wildman–Crippen MR) is 59.6 cm³/mol. The van der Waals surface area contributed by atoms with E-state index in [1.807, 2.05) is 4.90 Å². The largest absolute Gasteiger partial charge is 0.550 e. The smallest absolute Gasteiger partial charge is 0.0773 e. The van der Waals surface area contributed by atoms with Crippen molar-refractivity contribution in [3.05, 3.63) is 0 Å². The quantitative estimate of drug-likeness (QED) is 0.712. The summed E-state index contributed by atoms with van der Waals surface area (Å²) in [7, 11) is 0. The number of unbranched alkanes of at least 4 members (excludes halogenated alkanes) is 1. The zero-order chi connectivity index (χ0) is 11.7. The third-order valence-corrected chi connectivity index (χ3v) is 2.87. The van der Waals surface area contributed by atoms with Gasteiger partial charge in [0.15, 0.2) is 0 Å². The van der Waals surface area contributed by atoms with Crippen LogP contribution in [-0.2, 0) is 4.79 Å². The Hall–Kier alpha value is -0.570. The normalized spacial score (nSPS) is 25.3. The van der Waals surface area contributed by atoms with Crippen molar-refractivity contribution >= 4 is 5.97 Å². The van der Waals surface area contributed by atoms with Crippen LogP contribution < -0.4 is 10.0 Å². The van der Waals surface area contributed by atoms with Gasteiger partial charge in [-0.3, -0.25) is 0 Å². The molecular formula is C12H25NO2. The summed E-state index contributed by atoms with van der Waals surface area (Å²) in [6.07, 6.45) is 5.70. The van der Waals surface area contributed by atoms with E-state index in [1.54, 1.807) is 0 Å². The highest BCUT2D eigenvalue weighted by Crippen LogP contribution is 2.06. The first-order chi connectivity index (χ1) is 7.06. The van der Waals surface area contributed by atoms with Gasteiger partial charge in [0.1, 0.15) is 0 Å². The highest BCUT2D eigenvalue weighted by atomic mass is 16.4. The van der Waals surface area contributed by atoms with Gasteiger partial charge in [0.2, 0.25) is 0 Å². The molecule has 1 aliphatic heterocycles. The summed E-state index contributed by atoms with van der Waals surface area (Å²) in [6, 6.07) is 0. The van der Waals surface area contributed by atoms with Crippen LogP contribution in [0.4, 0.5) is 0 Å². The fourth-order valence-electron chi connectivity index (χ4n) is 1.85. The average molecular weight is 215 g/mol. The molecule has 0 aromatic heterocycles. The number of carbonyl (C=O) groups excluding carboxylic acids is 1. The van der Waals surface area contributed by atoms with Crippen molar-refractivity contribution in [3.63, 3.8) is 0 Å². The molecule has 3 nitrogen and oxygen atoms in total. The molecule has 0 atom stereocenters. The molecule has 1 N–H and O–H groups in total. The van der Waals surface area contributed by atoms with Gasteiger partial charge >= 0.3 is 0 Å². The Kier molecular flexibility index (Phi) is 8.38. The summed E-state index contributed by atoms with van der Waals surface area (Å²) in [5.74, 6) is -0.0830. The van der Waals surface area contributed by atoms with Gasteiger partial charge in [0.25, 0.3) is 0 Å². The molecule has 0 saturated carbocycles. The minimum atomic E-state index is -1.08. The minimum absolute atomic E-state index is 0.972. The Morgan fingerprint density at radius 1 is 1.40 bits per heavy atom. The minimum Gasteiger partial charge on any atom is -0.550 e. The van der Waals surface area contributed by atoms with Gasteiger partial charge in [-0.25, -0.2) is 0 Å². The third-order valence-electron chi connectivity index (χ3n) is 2.87. The van der Waals surface area contributed by atoms with E-state index in [4.69, 9.17) is 9.90 Å². The van der Waals surface area contributed by atoms with E-state index in [9.17, 15) is 0 Å². The Labute approximate surface area is 93.5 Å². The lowest BCUT2D eigenvalue weighted by molar-refractivity contribution is -0.906. The number of piperidine rings is 1. The molecule has 0 aromatic rings. The first kappa shape index (κ1) is 14.4. The number of carbonyl (C=O) groups is 1. The molecule has 0 aromatic carbocycles. The van der Waals surface area contributed by atoms with Crippen LogP contribution in [0.5, 0.6) is 0 Å². The van der Waals surface area contributed by atoms with Gasteiger partial charge in [0.05, 0.1) is 19.6 Å². The summed E-state index contributed by atoms with van der Waals surface area (Å²) in [4.78, 5) is 10.7. The Morgan fingerprint density at radius 2 is 1.87 bits per heavy atom. The number of hydrogen-bond acceptors (Lipinski definition) is 2. The van der Waals surface area contributed by atoms with Crippen LogP contribution in [0.2, 0.25) is 0 Å². The van der Waals surface area contributed by atoms with E-state index in [0.29, 0.717) is 0 Å². The van der Waals surface area contributed by atoms with Crippen molar-refractivity contribution in [1.82, 2.24) is 0 Å². The summed E-state index contributed by atoms with van der Waals surface area (Å²) in [5.41, 5.74) is 0. The topological polar surface area (TPSA) is 44.6 Å². The van der Waals surface area contributed by atoms with Gasteiger partial charge in [-0.2, -0.15) is 0 Å². The summed E-state index contributed by atoms with van der Waals surface area (Å²) >= 11 is 0. The van der Waals surface area contributed by atoms with Crippen molar-refractivity contribution in [2.75, 3.05) is 19.6 Å². The average Bonchev–Trinajstić information content (AvgIpc) is 2.16. The van der Waals surface area contributed by atoms with Crippen LogP contribution in [-0.4, -0.2) is 25.6 Å². The molecule has 0 spiro atoms. The van der Waals surface area contributed by atoms with Crippen molar-refractivity contribution in [1.29, 1.82) is 0 Å². The Balaban J connectivity index is 0.000000423. The highest BCUT2D eigenvalue weighted by molar-refractivity contribution is 5.60. The maximum atomic E-state index is 8.89. The van der Waals surface area contributed by atoms with Crippen molar-refractivity contribution in [2.45, 2.75) is 46.5 Å². The molecule has 1 aliphatic rings. The van der Waals surface area contributed by atoms with Crippen LogP contribution in [0.25, 0.3) is 0 Å². The predicted octanol–water partition coefficient (Wildman–Crippen LogP) is -0.142. The number of aliphatic carboxylic acids is 1. The van der Waals surface area contributed by atoms with Gasteiger partial charge in [0, 0.05) is 5.97 Å². The molecule has 15 heavy (non-hydrogen) atoms. The number of carboxylic acids is 1. The Morgan fingerprint density at radius 3 is 2.27 bits per heavy atom. The lowest BCUT2D eigenvalue weighted by atomic mass is 9.99. The monoisotopic (exact) mass is 215 g/mol. The molecule has 0 aliphatic carbocycles. The van der Waals surface area contributed by atoms with Gasteiger partial charge in [-0.05, 0) is 32.1 Å². The van der Waals surface area contributed by atoms with Crippen molar-refractivity contribution in [2.24, 2.45) is 5.92 Å². The lowest BCUT2D eigenvalue weighted by Crippen LogP contribution is -3.13. The van der Waals surface area contributed by atoms with E-state index < -0.39 is 5.97 Å². The van der Waals surface area contributed by atoms with Gasteiger partial charge < -0.3 is 14.8 Å². The molecule has 1 fully saturated rings. The molecule has 0 bridgehead atoms. The van der Waals surface area contributed by atoms with Crippen LogP contribution >= 0.6 is 0 Å². The molecule has 3 heteroatoms. The summed E-state index contributed by atoms with van der Waals surface area (Å²) in [6.45, 7) is 9.92. The first-order valence-corrected chi connectivity index (χ1v) is 6.07. The van der Waals surface area contributed by atoms with Crippen molar-refractivity contribution in [3.8, 4) is 0 Å². The van der Waals surface area contributed by atoms with E-state index >= 15 is 0 Å². The Bertz CT molecular complexity index is 156. The number of carboxylic acid groups (broad SMARTS) is 1. The zero-order valence-corrected chi connectivity index (χ0v) is 10.3. The van der Waals surface area contributed by atoms with Crippen molar-refractivity contribution < 1.29 is 14.8 Å². The van der Waals surface area contributed by atoms with E-state index in [1.165, 1.54) is 45.3 Å². The fourth-order valence-corrected chi connectivity index (χ4v) is 1.85. The molecule has 1 saturated heterocycles. The number of likely N-dealkylation sites (tertiary alicyclic amines) is 1. The molecule has 0 unspecified atom stereocenters. The lowest BCUT2D eigenvalue weighted by Gasteiger charge is -2.27. The molecule has 1 heterocycles. The van der Waals surface area contributed by atoms with Gasteiger partial charge in [-0.15, -0.1) is 0 Å². The number of rotatable bonds is 3. The maximum absolute atomic E-state index is 8.89. The number of nitrogens with one attached hydrogen (secondary N) is 1. The third kappa shape index (κ3) is 9.73. The second-order valence-corrected chi connectivity index (χ2v) is 4.53. The van der Waals surface area contributed by atoms with Gasteiger partial charge in [-0.1, -0.05) is 20.3 Å². The highest BCUT2D eigenvalue weighted by Gasteiger charge is 2.17. The maximum Gasteiger partial charge on any atom is 0.0773 e. The van der Waals surface area contributed by atoms with Crippen LogP contribution in [0.15, 0.2) is 0 Å². The standard InChI is InChI=1S/C10H21N.C2H4O2/c1-3-4-7-11-8-5-10(2)6-9-11;1-2(3)4/h10H,3-9H2,1-2H3;1H3,(H,3,4). The van der Waals surface area contributed by atoms with E-state index in [-0.39, 0.29) is 0 Å². The second-order valence-electron chi connectivity index (χ2n) is 4.53. The van der Waals surface area contributed by atoms with Crippen LogP contribution in [0.3, 0.4) is 0 Å². The van der Waals surface area contributed by atoms with E-state index in [0.717, 1.165) is 12.8 Å². The zero-order valence-electron chi connectivity index (χ0n) is 10.3. The number of quaternary nitrogens is 1. The fraction of sp³-hybridized carbons (Fsp3) is 0.917. The molecule has 1 rings (SSSR count). The summed E-state index contributed by atoms with van der Waals surface area (Å²) in [5, 5.41) is 8.89. The molecule has 0 amide bonds. The van der Waals surface area contributed by atoms with Crippen LogP contribution in [0, 0.1) is 5.92 Å². The molecule has 0 radical (unpaired) electrons.